The molecule has 0 bridgehead atoms. The smallest absolute Gasteiger partial charge is 0.162 e. The van der Waals surface area contributed by atoms with Crippen LogP contribution >= 0.6 is 11.3 Å². The van der Waals surface area contributed by atoms with E-state index in [2.05, 4.69) is 18.0 Å². The highest BCUT2D eigenvalue weighted by Gasteiger charge is 2.11. The molecule has 3 rings (SSSR count). The Bertz CT molecular complexity index is 653. The van der Waals surface area contributed by atoms with E-state index in [1.165, 1.54) is 4.70 Å². The van der Waals surface area contributed by atoms with Gasteiger partial charge in [-0.2, -0.15) is 0 Å². The molecule has 19 heavy (non-hydrogen) atoms. The quantitative estimate of drug-likeness (QED) is 0.785. The zero-order chi connectivity index (χ0) is 13.2. The van der Waals surface area contributed by atoms with Crippen LogP contribution in [0.2, 0.25) is 0 Å². The first-order valence-electron chi connectivity index (χ1n) is 6.46. The van der Waals surface area contributed by atoms with Gasteiger partial charge in [-0.1, -0.05) is 19.1 Å². The first kappa shape index (κ1) is 12.4. The summed E-state index contributed by atoms with van der Waals surface area (Å²) in [6.07, 6.45) is 1.73. The van der Waals surface area contributed by atoms with Gasteiger partial charge in [0.25, 0.3) is 0 Å². The fraction of sp³-hybridized carbons (Fsp3) is 0.267. The van der Waals surface area contributed by atoms with Crippen LogP contribution in [0.25, 0.3) is 21.0 Å². The van der Waals surface area contributed by atoms with Crippen molar-refractivity contribution in [1.29, 1.82) is 0 Å². The Kier molecular flexibility index (Phi) is 3.36. The minimum Gasteiger partial charge on any atom is -0.459 e. The van der Waals surface area contributed by atoms with Gasteiger partial charge in [-0.25, -0.2) is 4.98 Å². The van der Waals surface area contributed by atoms with E-state index in [1.54, 1.807) is 11.3 Å². The Labute approximate surface area is 116 Å². The molecule has 4 heteroatoms. The molecule has 0 radical (unpaired) electrons. The van der Waals surface area contributed by atoms with Crippen LogP contribution in [0.4, 0.5) is 0 Å². The Morgan fingerprint density at radius 3 is 2.89 bits per heavy atom. The lowest BCUT2D eigenvalue weighted by atomic mass is 10.1. The molecule has 2 heterocycles. The van der Waals surface area contributed by atoms with Gasteiger partial charge < -0.3 is 10.2 Å². The van der Waals surface area contributed by atoms with Crippen LogP contribution < -0.4 is 5.73 Å². The van der Waals surface area contributed by atoms with Crippen molar-refractivity contribution in [2.45, 2.75) is 25.8 Å². The van der Waals surface area contributed by atoms with Crippen LogP contribution in [0.5, 0.6) is 0 Å². The maximum absolute atomic E-state index is 5.94. The summed E-state index contributed by atoms with van der Waals surface area (Å²) in [6, 6.07) is 12.3. The van der Waals surface area contributed by atoms with E-state index in [4.69, 9.17) is 10.2 Å². The lowest BCUT2D eigenvalue weighted by Crippen LogP contribution is -2.20. The number of rotatable bonds is 4. The highest BCUT2D eigenvalue weighted by molar-refractivity contribution is 7.21. The third kappa shape index (κ3) is 2.55. The van der Waals surface area contributed by atoms with E-state index < -0.39 is 0 Å². The van der Waals surface area contributed by atoms with E-state index in [0.29, 0.717) is 0 Å². The van der Waals surface area contributed by atoms with Crippen LogP contribution in [0.15, 0.2) is 40.8 Å². The summed E-state index contributed by atoms with van der Waals surface area (Å²) in [6.45, 7) is 2.09. The van der Waals surface area contributed by atoms with Gasteiger partial charge in [-0.05, 0) is 30.7 Å². The summed E-state index contributed by atoms with van der Waals surface area (Å²) < 4.78 is 7.02. The Hall–Kier alpha value is -1.65. The molecule has 2 N–H and O–H groups in total. The maximum Gasteiger partial charge on any atom is 0.162 e. The van der Waals surface area contributed by atoms with E-state index >= 15 is 0 Å². The number of furan rings is 1. The van der Waals surface area contributed by atoms with E-state index in [1.807, 2.05) is 30.3 Å². The minimum absolute atomic E-state index is 0.161. The topological polar surface area (TPSA) is 52.0 Å². The maximum atomic E-state index is 5.94. The molecule has 0 aliphatic heterocycles. The van der Waals surface area contributed by atoms with Crippen LogP contribution in [-0.4, -0.2) is 11.0 Å². The molecule has 1 aromatic carbocycles. The molecular weight excluding hydrogens is 256 g/mol. The Morgan fingerprint density at radius 2 is 2.11 bits per heavy atom. The van der Waals surface area contributed by atoms with Crippen LogP contribution in [0.3, 0.4) is 0 Å². The SMILES string of the molecule is CCC(N)Cc1ccc(-c2nc3ccccc3s2)o1. The molecule has 0 spiro atoms. The highest BCUT2D eigenvalue weighted by Crippen LogP contribution is 2.31. The van der Waals surface area contributed by atoms with Gasteiger partial charge in [0.2, 0.25) is 0 Å². The molecule has 0 aliphatic carbocycles. The lowest BCUT2D eigenvalue weighted by Gasteiger charge is -2.04. The number of nitrogens with two attached hydrogens (primary N) is 1. The summed E-state index contributed by atoms with van der Waals surface area (Å²) in [5, 5.41) is 0.928. The van der Waals surface area contributed by atoms with Crippen molar-refractivity contribution in [2.24, 2.45) is 5.73 Å². The van der Waals surface area contributed by atoms with Crippen molar-refractivity contribution >= 4 is 21.6 Å². The molecule has 1 unspecified atom stereocenters. The molecule has 98 valence electrons. The first-order valence-corrected chi connectivity index (χ1v) is 7.28. The molecule has 2 aromatic heterocycles. The zero-order valence-electron chi connectivity index (χ0n) is 10.8. The predicted molar refractivity (Wildman–Crippen MR) is 79.3 cm³/mol. The molecule has 3 nitrogen and oxygen atoms in total. The molecule has 1 atom stereocenters. The number of hydrogen-bond donors (Lipinski definition) is 1. The third-order valence-corrected chi connectivity index (χ3v) is 4.21. The van der Waals surface area contributed by atoms with Gasteiger partial charge in [0.15, 0.2) is 10.8 Å². The lowest BCUT2D eigenvalue weighted by molar-refractivity contribution is 0.489. The van der Waals surface area contributed by atoms with Crippen molar-refractivity contribution < 1.29 is 4.42 Å². The fourth-order valence-corrected chi connectivity index (χ4v) is 2.91. The van der Waals surface area contributed by atoms with E-state index in [0.717, 1.165) is 34.9 Å². The number of benzene rings is 1. The van der Waals surface area contributed by atoms with Crippen molar-refractivity contribution in [3.63, 3.8) is 0 Å². The number of nitrogens with zero attached hydrogens (tertiary/aromatic N) is 1. The average molecular weight is 272 g/mol. The van der Waals surface area contributed by atoms with Crippen molar-refractivity contribution in [3.8, 4) is 10.8 Å². The van der Waals surface area contributed by atoms with Crippen LogP contribution in [0.1, 0.15) is 19.1 Å². The second-order valence-corrected chi connectivity index (χ2v) is 5.66. The number of para-hydroxylation sites is 1. The Balaban J connectivity index is 1.89. The summed E-state index contributed by atoms with van der Waals surface area (Å²) in [5.41, 5.74) is 6.96. The third-order valence-electron chi connectivity index (χ3n) is 3.15. The Morgan fingerprint density at radius 1 is 1.26 bits per heavy atom. The number of aromatic nitrogens is 1. The molecule has 0 amide bonds. The van der Waals surface area contributed by atoms with Gasteiger partial charge >= 0.3 is 0 Å². The standard InChI is InChI=1S/C15H16N2OS/c1-2-10(16)9-11-7-8-13(18-11)15-17-12-5-3-4-6-14(12)19-15/h3-8,10H,2,9,16H2,1H3. The average Bonchev–Trinajstić information content (AvgIpc) is 3.04. The summed E-state index contributed by atoms with van der Waals surface area (Å²) in [5.74, 6) is 1.77. The summed E-state index contributed by atoms with van der Waals surface area (Å²) >= 11 is 1.65. The monoisotopic (exact) mass is 272 g/mol. The number of hydrogen-bond acceptors (Lipinski definition) is 4. The largest absolute Gasteiger partial charge is 0.459 e. The van der Waals surface area contributed by atoms with E-state index in [-0.39, 0.29) is 6.04 Å². The normalized spacial score (nSPS) is 12.9. The van der Waals surface area contributed by atoms with Crippen LogP contribution in [-0.2, 0) is 6.42 Å². The predicted octanol–water partition coefficient (Wildman–Crippen LogP) is 3.84. The summed E-state index contributed by atoms with van der Waals surface area (Å²) in [7, 11) is 0. The van der Waals surface area contributed by atoms with E-state index in [9.17, 15) is 0 Å². The molecule has 0 aliphatic rings. The fourth-order valence-electron chi connectivity index (χ4n) is 1.98. The molecule has 0 saturated carbocycles. The molecule has 3 aromatic rings. The summed E-state index contributed by atoms with van der Waals surface area (Å²) in [4.78, 5) is 4.59. The highest BCUT2D eigenvalue weighted by atomic mass is 32.1. The van der Waals surface area contributed by atoms with Crippen LogP contribution in [0, 0.1) is 0 Å². The van der Waals surface area contributed by atoms with Gasteiger partial charge in [0.05, 0.1) is 10.2 Å². The van der Waals surface area contributed by atoms with Crippen molar-refractivity contribution in [2.75, 3.05) is 0 Å². The van der Waals surface area contributed by atoms with Gasteiger partial charge in [-0.3, -0.25) is 0 Å². The number of fused-ring (bicyclic) bond motifs is 1. The van der Waals surface area contributed by atoms with Gasteiger partial charge in [0, 0.05) is 12.5 Å². The first-order chi connectivity index (χ1) is 9.26. The number of thiazole rings is 1. The van der Waals surface area contributed by atoms with Gasteiger partial charge in [-0.15, -0.1) is 11.3 Å². The second kappa shape index (κ2) is 5.15. The minimum atomic E-state index is 0.161. The second-order valence-electron chi connectivity index (χ2n) is 4.63. The van der Waals surface area contributed by atoms with Crippen molar-refractivity contribution in [3.05, 3.63) is 42.2 Å². The molecular formula is C15H16N2OS. The molecule has 0 saturated heterocycles. The van der Waals surface area contributed by atoms with Gasteiger partial charge in [0.1, 0.15) is 5.76 Å². The van der Waals surface area contributed by atoms with Crippen molar-refractivity contribution in [1.82, 2.24) is 4.98 Å². The molecule has 0 fully saturated rings. The zero-order valence-corrected chi connectivity index (χ0v) is 11.6.